The Labute approximate surface area is 171 Å². The molecule has 0 saturated heterocycles. The van der Waals surface area contributed by atoms with Crippen molar-refractivity contribution in [1.29, 1.82) is 0 Å². The van der Waals surface area contributed by atoms with Gasteiger partial charge in [0, 0.05) is 0 Å². The SMILES string of the molecule is CCCCCCOC(=O)c1ccccc1C(=O)OC[C@H](CCC)CCCCC. The van der Waals surface area contributed by atoms with E-state index in [4.69, 9.17) is 9.47 Å². The average molecular weight is 391 g/mol. The number of unbranched alkanes of at least 4 members (excludes halogenated alkanes) is 5. The quantitative estimate of drug-likeness (QED) is 0.251. The zero-order chi connectivity index (χ0) is 20.6. The summed E-state index contributed by atoms with van der Waals surface area (Å²) < 4.78 is 10.9. The summed E-state index contributed by atoms with van der Waals surface area (Å²) in [4.78, 5) is 25.0. The van der Waals surface area contributed by atoms with Gasteiger partial charge in [-0.1, -0.05) is 77.8 Å². The molecule has 0 N–H and O–H groups in total. The summed E-state index contributed by atoms with van der Waals surface area (Å²) in [6.45, 7) is 7.28. The molecule has 0 aromatic heterocycles. The third-order valence-corrected chi connectivity index (χ3v) is 4.96. The van der Waals surface area contributed by atoms with Crippen LogP contribution in [0.25, 0.3) is 0 Å². The van der Waals surface area contributed by atoms with Crippen LogP contribution in [-0.2, 0) is 9.47 Å². The first-order chi connectivity index (χ1) is 13.6. The molecule has 1 rings (SSSR count). The molecule has 0 fully saturated rings. The van der Waals surface area contributed by atoms with Crippen LogP contribution in [-0.4, -0.2) is 25.2 Å². The van der Waals surface area contributed by atoms with E-state index in [-0.39, 0.29) is 0 Å². The molecule has 1 atom stereocenters. The van der Waals surface area contributed by atoms with Gasteiger partial charge in [0.2, 0.25) is 0 Å². The summed E-state index contributed by atoms with van der Waals surface area (Å²) in [5.41, 5.74) is 0.589. The zero-order valence-corrected chi connectivity index (χ0v) is 18.0. The number of rotatable bonds is 15. The molecule has 0 spiro atoms. The zero-order valence-electron chi connectivity index (χ0n) is 18.0. The van der Waals surface area contributed by atoms with Gasteiger partial charge in [-0.2, -0.15) is 0 Å². The Morgan fingerprint density at radius 1 is 0.750 bits per heavy atom. The van der Waals surface area contributed by atoms with Crippen LogP contribution in [0.1, 0.15) is 106 Å². The highest BCUT2D eigenvalue weighted by Gasteiger charge is 2.20. The molecular weight excluding hydrogens is 352 g/mol. The largest absolute Gasteiger partial charge is 0.462 e. The molecule has 4 heteroatoms. The van der Waals surface area contributed by atoms with Crippen LogP contribution in [0, 0.1) is 5.92 Å². The topological polar surface area (TPSA) is 52.6 Å². The monoisotopic (exact) mass is 390 g/mol. The summed E-state index contributed by atoms with van der Waals surface area (Å²) in [6.07, 6.45) is 10.9. The molecule has 0 saturated carbocycles. The van der Waals surface area contributed by atoms with Gasteiger partial charge in [-0.3, -0.25) is 0 Å². The Balaban J connectivity index is 2.61. The van der Waals surface area contributed by atoms with Gasteiger partial charge in [-0.25, -0.2) is 9.59 Å². The second-order valence-corrected chi connectivity index (χ2v) is 7.49. The van der Waals surface area contributed by atoms with Crippen molar-refractivity contribution in [3.63, 3.8) is 0 Å². The van der Waals surface area contributed by atoms with Crippen molar-refractivity contribution in [1.82, 2.24) is 0 Å². The van der Waals surface area contributed by atoms with Gasteiger partial charge < -0.3 is 9.47 Å². The lowest BCUT2D eigenvalue weighted by atomic mass is 9.97. The van der Waals surface area contributed by atoms with Crippen molar-refractivity contribution in [3.05, 3.63) is 35.4 Å². The lowest BCUT2D eigenvalue weighted by Gasteiger charge is -2.17. The molecule has 28 heavy (non-hydrogen) atoms. The molecule has 0 aliphatic heterocycles. The van der Waals surface area contributed by atoms with Crippen LogP contribution in [0.15, 0.2) is 24.3 Å². The minimum absolute atomic E-state index is 0.293. The molecule has 0 aliphatic rings. The lowest BCUT2D eigenvalue weighted by molar-refractivity contribution is 0.0401. The second-order valence-electron chi connectivity index (χ2n) is 7.49. The van der Waals surface area contributed by atoms with Gasteiger partial charge in [0.05, 0.1) is 24.3 Å². The van der Waals surface area contributed by atoms with Gasteiger partial charge >= 0.3 is 11.9 Å². The Bertz CT molecular complexity index is 567. The maximum absolute atomic E-state index is 12.6. The standard InChI is InChI=1S/C24H38O4/c1-4-7-9-13-18-27-23(25)21-16-11-12-17-22(21)24(26)28-19-20(14-6-3)15-10-8-5-2/h11-12,16-17,20H,4-10,13-15,18-19H2,1-3H3/t20-/m1/s1. The third kappa shape index (κ3) is 9.38. The number of hydrogen-bond donors (Lipinski definition) is 0. The molecule has 0 aliphatic carbocycles. The van der Waals surface area contributed by atoms with Gasteiger partial charge in [-0.05, 0) is 37.3 Å². The van der Waals surface area contributed by atoms with Crippen LogP contribution >= 0.6 is 0 Å². The number of benzene rings is 1. The number of ether oxygens (including phenoxy) is 2. The van der Waals surface area contributed by atoms with E-state index >= 15 is 0 Å². The first-order valence-electron chi connectivity index (χ1n) is 11.1. The maximum Gasteiger partial charge on any atom is 0.339 e. The highest BCUT2D eigenvalue weighted by Crippen LogP contribution is 2.18. The van der Waals surface area contributed by atoms with Gasteiger partial charge in [0.25, 0.3) is 0 Å². The Morgan fingerprint density at radius 2 is 1.36 bits per heavy atom. The number of carbonyl (C=O) groups is 2. The second kappa shape index (κ2) is 15.1. The van der Waals surface area contributed by atoms with E-state index in [1.54, 1.807) is 24.3 Å². The molecule has 158 valence electrons. The highest BCUT2D eigenvalue weighted by molar-refractivity contribution is 6.03. The van der Waals surface area contributed by atoms with Crippen molar-refractivity contribution in [2.75, 3.05) is 13.2 Å². The first-order valence-corrected chi connectivity index (χ1v) is 11.1. The van der Waals surface area contributed by atoms with Crippen molar-refractivity contribution in [2.45, 2.75) is 85.0 Å². The fraction of sp³-hybridized carbons (Fsp3) is 0.667. The van der Waals surface area contributed by atoms with Crippen molar-refractivity contribution in [3.8, 4) is 0 Å². The van der Waals surface area contributed by atoms with Crippen molar-refractivity contribution >= 4 is 11.9 Å². The van der Waals surface area contributed by atoms with E-state index in [1.807, 2.05) is 0 Å². The summed E-state index contributed by atoms with van der Waals surface area (Å²) >= 11 is 0. The minimum Gasteiger partial charge on any atom is -0.462 e. The van der Waals surface area contributed by atoms with Crippen LogP contribution in [0.4, 0.5) is 0 Å². The van der Waals surface area contributed by atoms with E-state index in [1.165, 1.54) is 19.3 Å². The predicted molar refractivity (Wildman–Crippen MR) is 114 cm³/mol. The van der Waals surface area contributed by atoms with Gasteiger partial charge in [0.1, 0.15) is 0 Å². The van der Waals surface area contributed by atoms with E-state index in [2.05, 4.69) is 20.8 Å². The Hall–Kier alpha value is -1.84. The minimum atomic E-state index is -0.447. The van der Waals surface area contributed by atoms with Crippen LogP contribution in [0.3, 0.4) is 0 Å². The molecule has 1 aromatic carbocycles. The number of esters is 2. The summed E-state index contributed by atoms with van der Waals surface area (Å²) in [7, 11) is 0. The van der Waals surface area contributed by atoms with Gasteiger partial charge in [0.15, 0.2) is 0 Å². The van der Waals surface area contributed by atoms with E-state index in [0.717, 1.165) is 44.9 Å². The average Bonchev–Trinajstić information content (AvgIpc) is 2.71. The number of hydrogen-bond acceptors (Lipinski definition) is 4. The smallest absolute Gasteiger partial charge is 0.339 e. The first kappa shape index (κ1) is 24.2. The van der Waals surface area contributed by atoms with Crippen molar-refractivity contribution in [2.24, 2.45) is 5.92 Å². The molecular formula is C24H38O4. The summed E-state index contributed by atoms with van der Waals surface area (Å²) in [5, 5.41) is 0. The van der Waals surface area contributed by atoms with Crippen LogP contribution < -0.4 is 0 Å². The van der Waals surface area contributed by atoms with Crippen molar-refractivity contribution < 1.29 is 19.1 Å². The fourth-order valence-corrected chi connectivity index (χ4v) is 3.28. The molecule has 0 heterocycles. The summed E-state index contributed by atoms with van der Waals surface area (Å²) in [5.74, 6) is -0.495. The van der Waals surface area contributed by atoms with E-state index in [9.17, 15) is 9.59 Å². The van der Waals surface area contributed by atoms with Crippen LogP contribution in [0.5, 0.6) is 0 Å². The molecule has 0 radical (unpaired) electrons. The summed E-state index contributed by atoms with van der Waals surface area (Å²) in [6, 6.07) is 6.77. The number of carbonyl (C=O) groups excluding carboxylic acids is 2. The van der Waals surface area contributed by atoms with Gasteiger partial charge in [-0.15, -0.1) is 0 Å². The molecule has 0 amide bonds. The van der Waals surface area contributed by atoms with E-state index < -0.39 is 11.9 Å². The molecule has 0 bridgehead atoms. The third-order valence-electron chi connectivity index (χ3n) is 4.96. The molecule has 0 unspecified atom stereocenters. The predicted octanol–water partition coefficient (Wildman–Crippen LogP) is 6.58. The molecule has 4 nitrogen and oxygen atoms in total. The van der Waals surface area contributed by atoms with Crippen LogP contribution in [0.2, 0.25) is 0 Å². The molecule has 1 aromatic rings. The highest BCUT2D eigenvalue weighted by atomic mass is 16.5. The Kier molecular flexibility index (Phi) is 13.1. The maximum atomic E-state index is 12.6. The normalized spacial score (nSPS) is 11.8. The Morgan fingerprint density at radius 3 is 1.96 bits per heavy atom. The fourth-order valence-electron chi connectivity index (χ4n) is 3.28. The van der Waals surface area contributed by atoms with E-state index in [0.29, 0.717) is 30.3 Å². The lowest BCUT2D eigenvalue weighted by Crippen LogP contribution is -2.18.